The second-order valence-electron chi connectivity index (χ2n) is 3.51. The van der Waals surface area contributed by atoms with Crippen molar-refractivity contribution in [3.63, 3.8) is 0 Å². The van der Waals surface area contributed by atoms with Gasteiger partial charge in [-0.05, 0) is 11.5 Å². The quantitative estimate of drug-likeness (QED) is 0.655. The van der Waals surface area contributed by atoms with Crippen LogP contribution in [0.3, 0.4) is 0 Å². The minimum absolute atomic E-state index is 0.499. The van der Waals surface area contributed by atoms with Gasteiger partial charge in [-0.25, -0.2) is 0 Å². The molecule has 0 aliphatic carbocycles. The van der Waals surface area contributed by atoms with E-state index in [4.69, 9.17) is 5.02 Å². The van der Waals surface area contributed by atoms with Crippen molar-refractivity contribution >= 4 is 25.7 Å². The molecule has 0 amide bonds. The van der Waals surface area contributed by atoms with Crippen LogP contribution in [0.4, 0.5) is 0 Å². The van der Waals surface area contributed by atoms with Gasteiger partial charge in [-0.1, -0.05) is 49.8 Å². The zero-order valence-corrected chi connectivity index (χ0v) is 8.41. The van der Waals surface area contributed by atoms with Gasteiger partial charge in [-0.15, -0.1) is 0 Å². The van der Waals surface area contributed by atoms with E-state index in [9.17, 15) is 0 Å². The highest BCUT2D eigenvalue weighted by Crippen LogP contribution is 2.10. The molecule has 66 valence electrons. The van der Waals surface area contributed by atoms with Crippen LogP contribution in [-0.4, -0.2) is 19.8 Å². The largest absolute Gasteiger partial charge is 0.450 e. The van der Waals surface area contributed by atoms with Gasteiger partial charge in [0, 0.05) is 0 Å². The van der Waals surface area contributed by atoms with Crippen LogP contribution in [0.2, 0.25) is 6.82 Å². The maximum Gasteiger partial charge on any atom is 0.326 e. The van der Waals surface area contributed by atoms with Crippen LogP contribution in [0.1, 0.15) is 25.3 Å². The van der Waals surface area contributed by atoms with Crippen molar-refractivity contribution in [1.29, 1.82) is 0 Å². The fourth-order valence-electron chi connectivity index (χ4n) is 1.28. The Morgan fingerprint density at radius 3 is 2.23 bits per heavy atom. The van der Waals surface area contributed by atoms with Crippen LogP contribution in [0, 0.1) is 0 Å². The lowest BCUT2D eigenvalue weighted by Crippen LogP contribution is -2.23. The summed E-state index contributed by atoms with van der Waals surface area (Å²) in [6.07, 6.45) is 0. The van der Waals surface area contributed by atoms with E-state index in [0.29, 0.717) is 5.92 Å². The summed E-state index contributed by atoms with van der Waals surface area (Å²) in [5.41, 5.74) is 3.29. The van der Waals surface area contributed by atoms with E-state index in [2.05, 4.69) is 19.9 Å². The summed E-state index contributed by atoms with van der Waals surface area (Å²) >= 11 is 0. The molecule has 2 radical (unpaired) electrons. The maximum absolute atomic E-state index is 8.92. The topological polar surface area (TPSA) is 20.2 Å². The molecule has 0 heterocycles. The van der Waals surface area contributed by atoms with Gasteiger partial charge in [0.05, 0.1) is 0 Å². The minimum Gasteiger partial charge on any atom is -0.450 e. The minimum atomic E-state index is 0.499. The third kappa shape index (κ3) is 2.63. The molecule has 1 rings (SSSR count). The van der Waals surface area contributed by atoms with E-state index < -0.39 is 0 Å². The molecule has 0 saturated heterocycles. The molecule has 0 atom stereocenters. The molecule has 0 saturated carbocycles. The highest BCUT2D eigenvalue weighted by molar-refractivity contribution is 6.54. The third-order valence-electron chi connectivity index (χ3n) is 2.15. The Bertz CT molecular complexity index is 262. The molecule has 0 aliphatic rings. The Balaban J connectivity index is 3.07. The van der Waals surface area contributed by atoms with Gasteiger partial charge >= 0.3 is 7.48 Å². The van der Waals surface area contributed by atoms with E-state index in [1.807, 2.05) is 26.2 Å². The van der Waals surface area contributed by atoms with Crippen LogP contribution < -0.4 is 10.9 Å². The molecule has 0 aliphatic heterocycles. The van der Waals surface area contributed by atoms with E-state index in [1.165, 1.54) is 5.56 Å². The summed E-state index contributed by atoms with van der Waals surface area (Å²) in [5.74, 6) is 0.499. The molecule has 0 spiro atoms. The Hall–Kier alpha value is -0.690. The van der Waals surface area contributed by atoms with E-state index in [-0.39, 0.29) is 0 Å². The fourth-order valence-corrected chi connectivity index (χ4v) is 1.28. The summed E-state index contributed by atoms with van der Waals surface area (Å²) in [6.45, 7) is 6.30. The van der Waals surface area contributed by atoms with Crippen molar-refractivity contribution < 1.29 is 5.02 Å². The molecule has 3 heteroatoms. The first-order chi connectivity index (χ1) is 6.17. The molecule has 1 aromatic rings. The van der Waals surface area contributed by atoms with Crippen molar-refractivity contribution in [3.05, 3.63) is 23.8 Å². The lowest BCUT2D eigenvalue weighted by Gasteiger charge is -2.09. The second-order valence-corrected chi connectivity index (χ2v) is 3.51. The number of hydrogen-bond donors (Lipinski definition) is 1. The lowest BCUT2D eigenvalue weighted by atomic mass is 9.69. The van der Waals surface area contributed by atoms with Gasteiger partial charge in [-0.2, -0.15) is 0 Å². The highest BCUT2D eigenvalue weighted by atomic mass is 16.2. The Morgan fingerprint density at radius 1 is 1.15 bits per heavy atom. The van der Waals surface area contributed by atoms with Gasteiger partial charge in [0.2, 0.25) is 0 Å². The van der Waals surface area contributed by atoms with Gasteiger partial charge in [0.1, 0.15) is 7.28 Å². The summed E-state index contributed by atoms with van der Waals surface area (Å²) in [7, 11) is 3.19. The van der Waals surface area contributed by atoms with E-state index in [1.54, 1.807) is 0 Å². The molecular formula is C10H14B2O. The molecule has 0 fully saturated rings. The van der Waals surface area contributed by atoms with Crippen molar-refractivity contribution in [3.8, 4) is 0 Å². The predicted octanol–water partition coefficient (Wildman–Crippen LogP) is 0.424. The SMILES string of the molecule is C[B]c1cc([B]O)cc(C(C)C)c1. The van der Waals surface area contributed by atoms with Crippen molar-refractivity contribution in [2.24, 2.45) is 0 Å². The first kappa shape index (κ1) is 10.4. The van der Waals surface area contributed by atoms with Gasteiger partial charge in [-0.3, -0.25) is 0 Å². The highest BCUT2D eigenvalue weighted by Gasteiger charge is 2.03. The number of hydrogen-bond acceptors (Lipinski definition) is 1. The van der Waals surface area contributed by atoms with Gasteiger partial charge in [0.15, 0.2) is 0 Å². The third-order valence-corrected chi connectivity index (χ3v) is 2.15. The van der Waals surface area contributed by atoms with Crippen LogP contribution in [0.15, 0.2) is 18.2 Å². The zero-order chi connectivity index (χ0) is 9.84. The Kier molecular flexibility index (Phi) is 3.61. The van der Waals surface area contributed by atoms with Crippen LogP contribution in [-0.2, 0) is 0 Å². The van der Waals surface area contributed by atoms with Crippen molar-refractivity contribution in [1.82, 2.24) is 0 Å². The lowest BCUT2D eigenvalue weighted by molar-refractivity contribution is 0.615. The standard InChI is InChI=1S/C10H14B2O/c1-7(2)8-4-9(11-3)6-10(5-8)12-13/h4-7,13H,1-3H3. The number of benzene rings is 1. The average Bonchev–Trinajstić information content (AvgIpc) is 2.16. The monoisotopic (exact) mass is 172 g/mol. The Morgan fingerprint density at radius 2 is 1.77 bits per heavy atom. The van der Waals surface area contributed by atoms with Gasteiger partial charge in [0.25, 0.3) is 0 Å². The van der Waals surface area contributed by atoms with E-state index in [0.717, 1.165) is 18.4 Å². The van der Waals surface area contributed by atoms with E-state index >= 15 is 0 Å². The summed E-state index contributed by atoms with van der Waals surface area (Å²) in [4.78, 5) is 0. The van der Waals surface area contributed by atoms with Gasteiger partial charge < -0.3 is 5.02 Å². The molecule has 1 nitrogen and oxygen atoms in total. The number of rotatable bonds is 3. The smallest absolute Gasteiger partial charge is 0.326 e. The molecular weight excluding hydrogens is 158 g/mol. The first-order valence-electron chi connectivity index (χ1n) is 4.59. The normalized spacial score (nSPS) is 10.2. The van der Waals surface area contributed by atoms with Crippen molar-refractivity contribution in [2.75, 3.05) is 0 Å². The van der Waals surface area contributed by atoms with Crippen molar-refractivity contribution in [2.45, 2.75) is 26.6 Å². The second kappa shape index (κ2) is 4.52. The molecule has 0 bridgehead atoms. The van der Waals surface area contributed by atoms with Crippen LogP contribution >= 0.6 is 0 Å². The molecule has 1 N–H and O–H groups in total. The zero-order valence-electron chi connectivity index (χ0n) is 8.41. The molecule has 1 aromatic carbocycles. The predicted molar refractivity (Wildman–Crippen MR) is 59.4 cm³/mol. The molecule has 0 unspecified atom stereocenters. The summed E-state index contributed by atoms with van der Waals surface area (Å²) in [5, 5.41) is 8.92. The summed E-state index contributed by atoms with van der Waals surface area (Å²) in [6, 6.07) is 6.13. The van der Waals surface area contributed by atoms with Crippen LogP contribution in [0.5, 0.6) is 0 Å². The van der Waals surface area contributed by atoms with Crippen LogP contribution in [0.25, 0.3) is 0 Å². The molecule has 13 heavy (non-hydrogen) atoms. The Labute approximate surface area is 81.7 Å². The molecule has 0 aromatic heterocycles. The first-order valence-corrected chi connectivity index (χ1v) is 4.59. The fraction of sp³-hybridized carbons (Fsp3) is 0.400. The average molecular weight is 172 g/mol. The maximum atomic E-state index is 8.92. The summed E-state index contributed by atoms with van der Waals surface area (Å²) < 4.78 is 0.